The fraction of sp³-hybridized carbons (Fsp3) is 0.0714. The molecule has 0 unspecified atom stereocenters. The van der Waals surface area contributed by atoms with Gasteiger partial charge in [0, 0.05) is 34.1 Å². The number of nitrogens with zero attached hydrogens (tertiary/aromatic N) is 3. The van der Waals surface area contributed by atoms with Crippen LogP contribution in [0.5, 0.6) is 0 Å². The molecule has 5 nitrogen and oxygen atoms in total. The lowest BCUT2D eigenvalue weighted by atomic mass is 10.0. The Hall–Kier alpha value is -3.87. The Labute approximate surface area is 211 Å². The molecule has 5 aromatic rings. The zero-order valence-electron chi connectivity index (χ0n) is 18.8. The number of halogens is 1. The fourth-order valence-corrected chi connectivity index (χ4v) is 5.25. The maximum Gasteiger partial charge on any atom is 0.260 e. The van der Waals surface area contributed by atoms with Crippen molar-refractivity contribution in [2.75, 3.05) is 4.90 Å². The zero-order valence-corrected chi connectivity index (χ0v) is 20.4. The molecule has 0 radical (unpaired) electrons. The van der Waals surface area contributed by atoms with Gasteiger partial charge in [-0.05, 0) is 48.4 Å². The first kappa shape index (κ1) is 22.9. The molecule has 3 aromatic carbocycles. The second kappa shape index (κ2) is 9.78. The first-order valence-electron chi connectivity index (χ1n) is 11.0. The van der Waals surface area contributed by atoms with E-state index in [1.165, 1.54) is 11.3 Å². The molecule has 0 atom stereocenters. The summed E-state index contributed by atoms with van der Waals surface area (Å²) in [6, 6.07) is 23.3. The van der Waals surface area contributed by atoms with E-state index in [0.29, 0.717) is 33.4 Å². The second-order valence-electron chi connectivity index (χ2n) is 8.09. The van der Waals surface area contributed by atoms with Gasteiger partial charge in [0.05, 0.1) is 16.8 Å². The van der Waals surface area contributed by atoms with Crippen LogP contribution >= 0.6 is 22.9 Å². The molecule has 0 aliphatic rings. The number of hydrogen-bond donors (Lipinski definition) is 0. The molecule has 0 bridgehead atoms. The number of fused-ring (bicyclic) bond motifs is 1. The number of benzene rings is 3. The number of hydrogen-bond acceptors (Lipinski definition) is 5. The van der Waals surface area contributed by atoms with Crippen molar-refractivity contribution < 1.29 is 9.59 Å². The lowest BCUT2D eigenvalue weighted by Gasteiger charge is -2.20. The minimum absolute atomic E-state index is 0.0876. The summed E-state index contributed by atoms with van der Waals surface area (Å²) in [6.45, 7) is 2.26. The van der Waals surface area contributed by atoms with Gasteiger partial charge >= 0.3 is 0 Å². The quantitative estimate of drug-likeness (QED) is 0.244. The van der Waals surface area contributed by atoms with E-state index in [1.807, 2.05) is 49.4 Å². The van der Waals surface area contributed by atoms with Crippen molar-refractivity contribution in [3.8, 4) is 0 Å². The van der Waals surface area contributed by atoms with E-state index in [1.54, 1.807) is 53.7 Å². The van der Waals surface area contributed by atoms with Crippen molar-refractivity contribution >= 4 is 50.0 Å². The topological polar surface area (TPSA) is 63.2 Å². The number of rotatable bonds is 6. The van der Waals surface area contributed by atoms with Crippen LogP contribution in [0.4, 0.5) is 5.13 Å². The molecule has 2 heterocycles. The summed E-state index contributed by atoms with van der Waals surface area (Å²) in [5.74, 6) is -0.300. The van der Waals surface area contributed by atoms with Crippen LogP contribution in [0.1, 0.15) is 37.4 Å². The predicted octanol–water partition coefficient (Wildman–Crippen LogP) is 6.73. The number of thiazole rings is 1. The third-order valence-corrected chi connectivity index (χ3v) is 6.85. The minimum atomic E-state index is -0.213. The SMILES string of the molecule is Cc1cc(Cl)cc2sc(N(Cc3cccnc3)C(=O)c3ccc(C(=O)c4ccccc4)cc3)nc12. The molecule has 0 N–H and O–H groups in total. The Kier molecular flexibility index (Phi) is 6.40. The molecule has 0 aliphatic heterocycles. The molecule has 0 aliphatic carbocycles. The summed E-state index contributed by atoms with van der Waals surface area (Å²) in [6.07, 6.45) is 3.43. The molecule has 35 heavy (non-hydrogen) atoms. The molecule has 0 saturated carbocycles. The van der Waals surface area contributed by atoms with Crippen molar-refractivity contribution in [2.45, 2.75) is 13.5 Å². The van der Waals surface area contributed by atoms with Crippen LogP contribution in [0.3, 0.4) is 0 Å². The Morgan fingerprint density at radius 3 is 2.34 bits per heavy atom. The summed E-state index contributed by atoms with van der Waals surface area (Å²) in [7, 11) is 0. The van der Waals surface area contributed by atoms with Crippen LogP contribution in [0, 0.1) is 6.92 Å². The molecule has 0 spiro atoms. The standard InChI is InChI=1S/C28H20ClN3O2S/c1-18-14-23(29)15-24-25(18)31-28(35-24)32(17-19-6-5-13-30-16-19)27(34)22-11-9-21(10-12-22)26(33)20-7-3-2-4-8-20/h2-16H,17H2,1H3. The van der Waals surface area contributed by atoms with Gasteiger partial charge in [-0.1, -0.05) is 71.5 Å². The molecular formula is C28H20ClN3O2S. The lowest BCUT2D eigenvalue weighted by Crippen LogP contribution is -2.30. The van der Waals surface area contributed by atoms with Gasteiger partial charge in [0.15, 0.2) is 10.9 Å². The van der Waals surface area contributed by atoms with E-state index in [0.717, 1.165) is 21.3 Å². The highest BCUT2D eigenvalue weighted by molar-refractivity contribution is 7.22. The number of carbonyl (C=O) groups excluding carboxylic acids is 2. The van der Waals surface area contributed by atoms with Gasteiger partial charge in [0.25, 0.3) is 5.91 Å². The molecule has 172 valence electrons. The predicted molar refractivity (Wildman–Crippen MR) is 140 cm³/mol. The van der Waals surface area contributed by atoms with E-state index in [4.69, 9.17) is 16.6 Å². The highest BCUT2D eigenvalue weighted by atomic mass is 35.5. The molecule has 2 aromatic heterocycles. The van der Waals surface area contributed by atoms with E-state index < -0.39 is 0 Å². The highest BCUT2D eigenvalue weighted by Gasteiger charge is 2.23. The zero-order chi connectivity index (χ0) is 24.4. The number of aromatic nitrogens is 2. The van der Waals surface area contributed by atoms with Gasteiger partial charge in [-0.25, -0.2) is 4.98 Å². The molecule has 1 amide bonds. The van der Waals surface area contributed by atoms with Crippen LogP contribution < -0.4 is 4.90 Å². The maximum atomic E-state index is 13.7. The Balaban J connectivity index is 1.50. The summed E-state index contributed by atoms with van der Waals surface area (Å²) in [5.41, 5.74) is 4.25. The minimum Gasteiger partial charge on any atom is -0.289 e. The van der Waals surface area contributed by atoms with E-state index in [-0.39, 0.29) is 11.7 Å². The number of aryl methyl sites for hydroxylation is 1. The first-order valence-corrected chi connectivity index (χ1v) is 12.2. The van der Waals surface area contributed by atoms with Gasteiger partial charge in [-0.15, -0.1) is 0 Å². The first-order chi connectivity index (χ1) is 17.0. The second-order valence-corrected chi connectivity index (χ2v) is 9.54. The van der Waals surface area contributed by atoms with Crippen LogP contribution in [0.15, 0.2) is 91.3 Å². The molecule has 5 rings (SSSR count). The highest BCUT2D eigenvalue weighted by Crippen LogP contribution is 2.34. The maximum absolute atomic E-state index is 13.7. The van der Waals surface area contributed by atoms with E-state index >= 15 is 0 Å². The summed E-state index contributed by atoms with van der Waals surface area (Å²) >= 11 is 7.66. The third kappa shape index (κ3) is 4.85. The number of ketones is 1. The monoisotopic (exact) mass is 497 g/mol. The third-order valence-electron chi connectivity index (χ3n) is 5.61. The number of pyridine rings is 1. The summed E-state index contributed by atoms with van der Waals surface area (Å²) in [4.78, 5) is 37.0. The summed E-state index contributed by atoms with van der Waals surface area (Å²) < 4.78 is 0.915. The molecule has 0 fully saturated rings. The smallest absolute Gasteiger partial charge is 0.260 e. The normalized spacial score (nSPS) is 10.9. The Morgan fingerprint density at radius 1 is 0.914 bits per heavy atom. The van der Waals surface area contributed by atoms with Gasteiger partial charge in [0.1, 0.15) is 0 Å². The average molecular weight is 498 g/mol. The number of carbonyl (C=O) groups is 2. The average Bonchev–Trinajstić information content (AvgIpc) is 3.32. The lowest BCUT2D eigenvalue weighted by molar-refractivity contribution is 0.0982. The van der Waals surface area contributed by atoms with E-state index in [9.17, 15) is 9.59 Å². The van der Waals surface area contributed by atoms with Gasteiger partial charge in [0.2, 0.25) is 0 Å². The van der Waals surface area contributed by atoms with Crippen molar-refractivity contribution in [1.29, 1.82) is 0 Å². The van der Waals surface area contributed by atoms with Gasteiger partial charge in [-0.3, -0.25) is 19.5 Å². The van der Waals surface area contributed by atoms with Gasteiger partial charge < -0.3 is 0 Å². The van der Waals surface area contributed by atoms with Crippen molar-refractivity contribution in [3.05, 3.63) is 124 Å². The number of amides is 1. The van der Waals surface area contributed by atoms with Crippen LogP contribution in [-0.4, -0.2) is 21.7 Å². The molecule has 0 saturated heterocycles. The largest absolute Gasteiger partial charge is 0.289 e. The fourth-order valence-electron chi connectivity index (χ4n) is 3.83. The van der Waals surface area contributed by atoms with Crippen molar-refractivity contribution in [3.63, 3.8) is 0 Å². The Bertz CT molecular complexity index is 1520. The number of anilines is 1. The van der Waals surface area contributed by atoms with Crippen LogP contribution in [0.2, 0.25) is 5.02 Å². The van der Waals surface area contributed by atoms with Crippen LogP contribution in [-0.2, 0) is 6.54 Å². The Morgan fingerprint density at radius 2 is 1.63 bits per heavy atom. The molecule has 7 heteroatoms. The van der Waals surface area contributed by atoms with Crippen molar-refractivity contribution in [1.82, 2.24) is 9.97 Å². The van der Waals surface area contributed by atoms with E-state index in [2.05, 4.69) is 4.98 Å². The summed E-state index contributed by atoms with van der Waals surface area (Å²) in [5, 5.41) is 1.21. The van der Waals surface area contributed by atoms with Gasteiger partial charge in [-0.2, -0.15) is 0 Å². The molecular weight excluding hydrogens is 478 g/mol. The van der Waals surface area contributed by atoms with Crippen LogP contribution in [0.25, 0.3) is 10.2 Å². The van der Waals surface area contributed by atoms with Crippen molar-refractivity contribution in [2.24, 2.45) is 0 Å².